The Labute approximate surface area is 176 Å². The second kappa shape index (κ2) is 10.5. The average molecular weight is 409 g/mol. The van der Waals surface area contributed by atoms with Crippen molar-refractivity contribution in [1.82, 2.24) is 20.1 Å². The van der Waals surface area contributed by atoms with Gasteiger partial charge in [-0.25, -0.2) is 0 Å². The van der Waals surface area contributed by atoms with E-state index in [4.69, 9.17) is 0 Å². The minimum absolute atomic E-state index is 0.0219. The van der Waals surface area contributed by atoms with Crippen LogP contribution in [0.5, 0.6) is 0 Å². The van der Waals surface area contributed by atoms with Crippen molar-refractivity contribution in [2.75, 3.05) is 44.6 Å². The highest BCUT2D eigenvalue weighted by molar-refractivity contribution is 6.04. The molecule has 2 aromatic rings. The number of carbonyl (C=O) groups excluding carboxylic acids is 3. The van der Waals surface area contributed by atoms with Gasteiger partial charge in [0.05, 0.1) is 12.1 Å². The highest BCUT2D eigenvalue weighted by Gasteiger charge is 2.23. The molecule has 30 heavy (non-hydrogen) atoms. The molecule has 8 nitrogen and oxygen atoms in total. The fourth-order valence-corrected chi connectivity index (χ4v) is 3.25. The Morgan fingerprint density at radius 2 is 1.80 bits per heavy atom. The molecule has 1 aliphatic heterocycles. The highest BCUT2D eigenvalue weighted by atomic mass is 16.2. The van der Waals surface area contributed by atoms with E-state index in [2.05, 4.69) is 20.5 Å². The third-order valence-electron chi connectivity index (χ3n) is 4.89. The summed E-state index contributed by atoms with van der Waals surface area (Å²) in [6.07, 6.45) is 4.01. The first-order valence-electron chi connectivity index (χ1n) is 10.2. The van der Waals surface area contributed by atoms with Crippen LogP contribution in [0.3, 0.4) is 0 Å². The molecule has 1 aliphatic rings. The first kappa shape index (κ1) is 21.4. The van der Waals surface area contributed by atoms with Gasteiger partial charge in [-0.15, -0.1) is 0 Å². The molecule has 0 atom stereocenters. The second-order valence-corrected chi connectivity index (χ2v) is 7.19. The molecule has 2 heterocycles. The molecule has 1 aromatic carbocycles. The molecular formula is C22H27N5O3. The van der Waals surface area contributed by atoms with E-state index in [-0.39, 0.29) is 17.7 Å². The molecule has 1 saturated heterocycles. The van der Waals surface area contributed by atoms with E-state index in [9.17, 15) is 14.4 Å². The van der Waals surface area contributed by atoms with Crippen molar-refractivity contribution in [2.24, 2.45) is 0 Å². The monoisotopic (exact) mass is 409 g/mol. The molecular weight excluding hydrogens is 382 g/mol. The summed E-state index contributed by atoms with van der Waals surface area (Å²) < 4.78 is 0. The van der Waals surface area contributed by atoms with E-state index in [0.717, 1.165) is 6.42 Å². The van der Waals surface area contributed by atoms with Gasteiger partial charge in [0, 0.05) is 56.4 Å². The van der Waals surface area contributed by atoms with E-state index in [0.29, 0.717) is 56.1 Å². The molecule has 158 valence electrons. The van der Waals surface area contributed by atoms with Crippen LogP contribution >= 0.6 is 0 Å². The smallest absolute Gasteiger partial charge is 0.257 e. The van der Waals surface area contributed by atoms with Crippen LogP contribution in [-0.2, 0) is 4.79 Å². The molecule has 1 fully saturated rings. The van der Waals surface area contributed by atoms with Crippen LogP contribution < -0.4 is 10.6 Å². The van der Waals surface area contributed by atoms with Gasteiger partial charge in [-0.1, -0.05) is 13.0 Å². The standard InChI is InChI=1S/C22H27N5O3/c1-2-8-24-20(28)16-26-10-12-27(13-11-26)22(30)17-5-3-7-19(14-17)25-21(29)18-6-4-9-23-15-18/h3-7,9,14-15H,2,8,10-13,16H2,1H3,(H,24,28)(H,25,29). The zero-order valence-electron chi connectivity index (χ0n) is 17.1. The SMILES string of the molecule is CCCNC(=O)CN1CCN(C(=O)c2cccc(NC(=O)c3cccnc3)c2)CC1. The quantitative estimate of drug-likeness (QED) is 0.725. The van der Waals surface area contributed by atoms with Crippen LogP contribution in [0.25, 0.3) is 0 Å². The van der Waals surface area contributed by atoms with Crippen LogP contribution in [0.1, 0.15) is 34.1 Å². The zero-order valence-corrected chi connectivity index (χ0v) is 17.1. The molecule has 0 aliphatic carbocycles. The highest BCUT2D eigenvalue weighted by Crippen LogP contribution is 2.15. The predicted molar refractivity (Wildman–Crippen MR) is 114 cm³/mol. The molecule has 3 amide bonds. The molecule has 1 aromatic heterocycles. The number of piperazine rings is 1. The predicted octanol–water partition coefficient (Wildman–Crippen LogP) is 1.62. The Bertz CT molecular complexity index is 879. The summed E-state index contributed by atoms with van der Waals surface area (Å²) in [5.41, 5.74) is 1.53. The Kier molecular flexibility index (Phi) is 7.51. The van der Waals surface area contributed by atoms with Gasteiger partial charge in [0.1, 0.15) is 0 Å². The van der Waals surface area contributed by atoms with Gasteiger partial charge in [-0.05, 0) is 36.8 Å². The number of hydrogen-bond donors (Lipinski definition) is 2. The molecule has 0 radical (unpaired) electrons. The summed E-state index contributed by atoms with van der Waals surface area (Å²) in [5.74, 6) is -0.334. The molecule has 0 saturated carbocycles. The summed E-state index contributed by atoms with van der Waals surface area (Å²) in [7, 11) is 0. The van der Waals surface area contributed by atoms with Crippen molar-refractivity contribution in [3.63, 3.8) is 0 Å². The number of nitrogens with one attached hydrogen (secondary N) is 2. The maximum Gasteiger partial charge on any atom is 0.257 e. The molecule has 0 bridgehead atoms. The van der Waals surface area contributed by atoms with Crippen molar-refractivity contribution in [1.29, 1.82) is 0 Å². The topological polar surface area (TPSA) is 94.6 Å². The van der Waals surface area contributed by atoms with Crippen molar-refractivity contribution in [3.8, 4) is 0 Å². The number of hydrogen-bond acceptors (Lipinski definition) is 5. The average Bonchev–Trinajstić information content (AvgIpc) is 2.78. The van der Waals surface area contributed by atoms with Gasteiger partial charge in [-0.2, -0.15) is 0 Å². The van der Waals surface area contributed by atoms with E-state index in [1.165, 1.54) is 6.20 Å². The molecule has 0 unspecified atom stereocenters. The van der Waals surface area contributed by atoms with Gasteiger partial charge < -0.3 is 15.5 Å². The van der Waals surface area contributed by atoms with Crippen molar-refractivity contribution < 1.29 is 14.4 Å². The van der Waals surface area contributed by atoms with Gasteiger partial charge in [0.25, 0.3) is 11.8 Å². The third kappa shape index (κ3) is 5.87. The van der Waals surface area contributed by atoms with Crippen molar-refractivity contribution in [3.05, 3.63) is 59.9 Å². The third-order valence-corrected chi connectivity index (χ3v) is 4.89. The first-order valence-corrected chi connectivity index (χ1v) is 10.2. The Balaban J connectivity index is 1.54. The summed E-state index contributed by atoms with van der Waals surface area (Å²) in [6.45, 7) is 5.50. The number of aromatic nitrogens is 1. The van der Waals surface area contributed by atoms with Crippen LogP contribution in [0.15, 0.2) is 48.8 Å². The number of nitrogens with zero attached hydrogens (tertiary/aromatic N) is 3. The number of amides is 3. The molecule has 0 spiro atoms. The maximum absolute atomic E-state index is 12.9. The van der Waals surface area contributed by atoms with Crippen LogP contribution in [0.2, 0.25) is 0 Å². The van der Waals surface area contributed by atoms with Crippen LogP contribution in [0, 0.1) is 0 Å². The largest absolute Gasteiger partial charge is 0.355 e. The Morgan fingerprint density at radius 3 is 2.50 bits per heavy atom. The number of carbonyl (C=O) groups is 3. The van der Waals surface area contributed by atoms with Gasteiger partial charge >= 0.3 is 0 Å². The van der Waals surface area contributed by atoms with E-state index in [1.54, 1.807) is 47.5 Å². The van der Waals surface area contributed by atoms with Crippen molar-refractivity contribution in [2.45, 2.75) is 13.3 Å². The van der Waals surface area contributed by atoms with Crippen molar-refractivity contribution >= 4 is 23.4 Å². The summed E-state index contributed by atoms with van der Waals surface area (Å²) >= 11 is 0. The lowest BCUT2D eigenvalue weighted by Gasteiger charge is -2.34. The lowest BCUT2D eigenvalue weighted by Crippen LogP contribution is -2.51. The number of pyridine rings is 1. The summed E-state index contributed by atoms with van der Waals surface area (Å²) in [4.78, 5) is 44.8. The lowest BCUT2D eigenvalue weighted by atomic mass is 10.1. The van der Waals surface area contributed by atoms with Gasteiger partial charge in [0.15, 0.2) is 0 Å². The fourth-order valence-electron chi connectivity index (χ4n) is 3.25. The second-order valence-electron chi connectivity index (χ2n) is 7.19. The molecule has 2 N–H and O–H groups in total. The first-order chi connectivity index (χ1) is 14.6. The summed E-state index contributed by atoms with van der Waals surface area (Å²) in [6, 6.07) is 10.3. The minimum atomic E-state index is -0.275. The summed E-state index contributed by atoms with van der Waals surface area (Å²) in [5, 5.41) is 5.67. The Hall–Kier alpha value is -3.26. The van der Waals surface area contributed by atoms with Crippen LogP contribution in [-0.4, -0.2) is 71.8 Å². The number of rotatable bonds is 7. The lowest BCUT2D eigenvalue weighted by molar-refractivity contribution is -0.122. The van der Waals surface area contributed by atoms with E-state index in [1.807, 2.05) is 6.92 Å². The fraction of sp³-hybridized carbons (Fsp3) is 0.364. The number of anilines is 1. The van der Waals surface area contributed by atoms with E-state index >= 15 is 0 Å². The Morgan fingerprint density at radius 1 is 1.03 bits per heavy atom. The van der Waals surface area contributed by atoms with Gasteiger partial charge in [0.2, 0.25) is 5.91 Å². The van der Waals surface area contributed by atoms with Crippen LogP contribution in [0.4, 0.5) is 5.69 Å². The number of benzene rings is 1. The van der Waals surface area contributed by atoms with Gasteiger partial charge in [-0.3, -0.25) is 24.3 Å². The van der Waals surface area contributed by atoms with E-state index < -0.39 is 0 Å². The normalized spacial score (nSPS) is 14.2. The molecule has 3 rings (SSSR count). The maximum atomic E-state index is 12.9. The zero-order chi connectivity index (χ0) is 21.3. The molecule has 8 heteroatoms. The minimum Gasteiger partial charge on any atom is -0.355 e.